The molecule has 0 unspecified atom stereocenters. The Morgan fingerprint density at radius 1 is 1.22 bits per heavy atom. The van der Waals surface area contributed by atoms with Crippen LogP contribution in [0, 0.1) is 11.8 Å². The summed E-state index contributed by atoms with van der Waals surface area (Å²) in [6.07, 6.45) is 7.90. The molecule has 0 radical (unpaired) electrons. The van der Waals surface area contributed by atoms with Crippen LogP contribution in [0.3, 0.4) is 0 Å². The van der Waals surface area contributed by atoms with E-state index in [0.29, 0.717) is 12.0 Å². The van der Waals surface area contributed by atoms with Gasteiger partial charge in [0.1, 0.15) is 0 Å². The number of carbonyl (C=O) groups excluding carboxylic acids is 1. The quantitative estimate of drug-likeness (QED) is 0.824. The Kier molecular flexibility index (Phi) is 5.67. The van der Waals surface area contributed by atoms with Crippen LogP contribution in [-0.2, 0) is 11.2 Å². The van der Waals surface area contributed by atoms with Crippen LogP contribution >= 0.6 is 11.3 Å². The summed E-state index contributed by atoms with van der Waals surface area (Å²) in [7, 11) is 0. The van der Waals surface area contributed by atoms with Crippen molar-refractivity contribution in [1.29, 1.82) is 0 Å². The van der Waals surface area contributed by atoms with Gasteiger partial charge in [0.15, 0.2) is 5.13 Å². The Morgan fingerprint density at radius 3 is 2.74 bits per heavy atom. The molecule has 0 bridgehead atoms. The van der Waals surface area contributed by atoms with Crippen LogP contribution in [0.4, 0.5) is 5.13 Å². The predicted molar refractivity (Wildman–Crippen MR) is 113 cm³/mol. The molecule has 1 saturated heterocycles. The van der Waals surface area contributed by atoms with Crippen LogP contribution in [-0.4, -0.2) is 30.0 Å². The molecular formula is C22H31N3OS. The van der Waals surface area contributed by atoms with E-state index in [0.717, 1.165) is 49.4 Å². The standard InChI is InChI=1S/C22H31N3OS/c1-3-16-8-9-19-20(14-16)27-22(24-19)25-12-10-17(11-13-25)21(26)23-18-7-5-4-6-15(18)2/h8-9,14-15,17-18H,3-7,10-13H2,1-2H3,(H,23,26)/t15-,18-/m1/s1. The van der Waals surface area contributed by atoms with Gasteiger partial charge in [-0.2, -0.15) is 0 Å². The number of nitrogens with one attached hydrogen (secondary N) is 1. The van der Waals surface area contributed by atoms with Crippen molar-refractivity contribution in [2.45, 2.75) is 64.8 Å². The lowest BCUT2D eigenvalue weighted by atomic mass is 9.85. The second-order valence-corrected chi connectivity index (χ2v) is 9.30. The summed E-state index contributed by atoms with van der Waals surface area (Å²) in [5, 5.41) is 4.47. The molecule has 2 fully saturated rings. The lowest BCUT2D eigenvalue weighted by molar-refractivity contribution is -0.126. The third-order valence-electron chi connectivity index (χ3n) is 6.43. The van der Waals surface area contributed by atoms with Crippen molar-refractivity contribution in [1.82, 2.24) is 10.3 Å². The number of nitrogens with zero attached hydrogens (tertiary/aromatic N) is 2. The van der Waals surface area contributed by atoms with Gasteiger partial charge in [0, 0.05) is 25.0 Å². The Hall–Kier alpha value is -1.62. The number of fused-ring (bicyclic) bond motifs is 1. The van der Waals surface area contributed by atoms with Crippen LogP contribution in [0.25, 0.3) is 10.2 Å². The Morgan fingerprint density at radius 2 is 2.00 bits per heavy atom. The smallest absolute Gasteiger partial charge is 0.223 e. The second kappa shape index (κ2) is 8.17. The molecule has 1 saturated carbocycles. The van der Waals surface area contributed by atoms with Gasteiger partial charge < -0.3 is 10.2 Å². The minimum Gasteiger partial charge on any atom is -0.353 e. The number of piperidine rings is 1. The molecule has 1 aliphatic carbocycles. The second-order valence-electron chi connectivity index (χ2n) is 8.29. The number of hydrogen-bond donors (Lipinski definition) is 1. The number of aromatic nitrogens is 1. The van der Waals surface area contributed by atoms with Crippen LogP contribution in [0.15, 0.2) is 18.2 Å². The van der Waals surface area contributed by atoms with Gasteiger partial charge in [0.2, 0.25) is 5.91 Å². The Labute approximate surface area is 166 Å². The van der Waals surface area contributed by atoms with Gasteiger partial charge >= 0.3 is 0 Å². The van der Waals surface area contributed by atoms with Gasteiger partial charge in [-0.3, -0.25) is 4.79 Å². The van der Waals surface area contributed by atoms with E-state index in [-0.39, 0.29) is 11.8 Å². The third kappa shape index (κ3) is 4.13. The molecule has 1 aromatic carbocycles. The van der Waals surface area contributed by atoms with Gasteiger partial charge in [-0.15, -0.1) is 0 Å². The van der Waals surface area contributed by atoms with Crippen molar-refractivity contribution in [3.63, 3.8) is 0 Å². The summed E-state index contributed by atoms with van der Waals surface area (Å²) in [6.45, 7) is 6.33. The zero-order chi connectivity index (χ0) is 18.8. The molecular weight excluding hydrogens is 354 g/mol. The maximum atomic E-state index is 12.7. The summed E-state index contributed by atoms with van der Waals surface area (Å²) in [5.74, 6) is 1.07. The Bertz CT molecular complexity index is 794. The highest BCUT2D eigenvalue weighted by Crippen LogP contribution is 2.32. The first kappa shape index (κ1) is 18.7. The number of aryl methyl sites for hydroxylation is 1. The number of rotatable bonds is 4. The molecule has 27 heavy (non-hydrogen) atoms. The highest BCUT2D eigenvalue weighted by Gasteiger charge is 2.29. The van der Waals surface area contributed by atoms with Gasteiger partial charge in [-0.1, -0.05) is 44.1 Å². The molecule has 1 N–H and O–H groups in total. The molecule has 0 spiro atoms. The molecule has 5 heteroatoms. The number of amides is 1. The lowest BCUT2D eigenvalue weighted by Crippen LogP contribution is -2.46. The fourth-order valence-electron chi connectivity index (χ4n) is 4.48. The van der Waals surface area contributed by atoms with Crippen molar-refractivity contribution >= 4 is 32.6 Å². The highest BCUT2D eigenvalue weighted by molar-refractivity contribution is 7.22. The fraction of sp³-hybridized carbons (Fsp3) is 0.636. The van der Waals surface area contributed by atoms with Crippen LogP contribution < -0.4 is 10.2 Å². The first-order valence-electron chi connectivity index (χ1n) is 10.6. The topological polar surface area (TPSA) is 45.2 Å². The van der Waals surface area contributed by atoms with E-state index in [2.05, 4.69) is 42.3 Å². The summed E-state index contributed by atoms with van der Waals surface area (Å²) in [5.41, 5.74) is 2.46. The molecule has 146 valence electrons. The van der Waals surface area contributed by atoms with Crippen LogP contribution in [0.1, 0.15) is 57.9 Å². The zero-order valence-electron chi connectivity index (χ0n) is 16.5. The first-order valence-corrected chi connectivity index (χ1v) is 11.4. The van der Waals surface area contributed by atoms with Gasteiger partial charge in [-0.25, -0.2) is 4.98 Å². The minimum absolute atomic E-state index is 0.163. The van der Waals surface area contributed by atoms with E-state index in [1.54, 1.807) is 11.3 Å². The predicted octanol–water partition coefficient (Wildman–Crippen LogP) is 4.77. The van der Waals surface area contributed by atoms with E-state index in [4.69, 9.17) is 4.98 Å². The fourth-order valence-corrected chi connectivity index (χ4v) is 5.56. The van der Waals surface area contributed by atoms with E-state index in [9.17, 15) is 4.79 Å². The van der Waals surface area contributed by atoms with Crippen molar-refractivity contribution in [3.8, 4) is 0 Å². The maximum Gasteiger partial charge on any atom is 0.223 e. The van der Waals surface area contributed by atoms with Crippen LogP contribution in [0.5, 0.6) is 0 Å². The van der Waals surface area contributed by atoms with Gasteiger partial charge in [-0.05, 0) is 55.7 Å². The van der Waals surface area contributed by atoms with Crippen LogP contribution in [0.2, 0.25) is 0 Å². The average Bonchev–Trinajstić information content (AvgIpc) is 3.13. The molecule has 1 aromatic heterocycles. The maximum absolute atomic E-state index is 12.7. The molecule has 1 amide bonds. The van der Waals surface area contributed by atoms with Gasteiger partial charge in [0.25, 0.3) is 0 Å². The summed E-state index contributed by atoms with van der Waals surface area (Å²) in [4.78, 5) is 19.9. The van der Waals surface area contributed by atoms with E-state index < -0.39 is 0 Å². The molecule has 1 aliphatic heterocycles. The average molecular weight is 386 g/mol. The lowest BCUT2D eigenvalue weighted by Gasteiger charge is -2.34. The highest BCUT2D eigenvalue weighted by atomic mass is 32.1. The molecule has 2 heterocycles. The SMILES string of the molecule is CCc1ccc2nc(N3CCC(C(=O)N[C@@H]4CCCC[C@H]4C)CC3)sc2c1. The van der Waals surface area contributed by atoms with E-state index in [1.165, 1.54) is 29.5 Å². The van der Waals surface area contributed by atoms with Crippen molar-refractivity contribution in [3.05, 3.63) is 23.8 Å². The molecule has 4 rings (SSSR count). The van der Waals surface area contributed by atoms with E-state index in [1.807, 2.05) is 0 Å². The third-order valence-corrected chi connectivity index (χ3v) is 7.50. The molecule has 2 aromatic rings. The molecule has 4 nitrogen and oxygen atoms in total. The molecule has 2 atom stereocenters. The number of carbonyl (C=O) groups is 1. The van der Waals surface area contributed by atoms with Crippen molar-refractivity contribution < 1.29 is 4.79 Å². The number of thiazole rings is 1. The molecule has 2 aliphatic rings. The van der Waals surface area contributed by atoms with Crippen molar-refractivity contribution in [2.24, 2.45) is 11.8 Å². The normalized spacial score (nSPS) is 24.3. The minimum atomic E-state index is 0.163. The van der Waals surface area contributed by atoms with Gasteiger partial charge in [0.05, 0.1) is 10.2 Å². The Balaban J connectivity index is 1.35. The summed E-state index contributed by atoms with van der Waals surface area (Å²) >= 11 is 1.79. The monoisotopic (exact) mass is 385 g/mol. The first-order chi connectivity index (χ1) is 13.1. The number of benzene rings is 1. The van der Waals surface area contributed by atoms with E-state index >= 15 is 0 Å². The number of hydrogen-bond acceptors (Lipinski definition) is 4. The van der Waals surface area contributed by atoms with Crippen molar-refractivity contribution in [2.75, 3.05) is 18.0 Å². The number of anilines is 1. The zero-order valence-corrected chi connectivity index (χ0v) is 17.4. The summed E-state index contributed by atoms with van der Waals surface area (Å²) < 4.78 is 1.27. The largest absolute Gasteiger partial charge is 0.353 e. The summed E-state index contributed by atoms with van der Waals surface area (Å²) in [6, 6.07) is 6.97.